The number of hydrogen-bond acceptors (Lipinski definition) is 4. The van der Waals surface area contributed by atoms with Gasteiger partial charge in [0.1, 0.15) is 12.1 Å². The zero-order chi connectivity index (χ0) is 17.5. The fraction of sp³-hybridized carbons (Fsp3) is 0.444. The van der Waals surface area contributed by atoms with Crippen LogP contribution in [0.3, 0.4) is 0 Å². The van der Waals surface area contributed by atoms with Gasteiger partial charge in [-0.1, -0.05) is 25.1 Å². The highest BCUT2D eigenvalue weighted by Gasteiger charge is 2.19. The molecule has 5 nitrogen and oxygen atoms in total. The third-order valence-corrected chi connectivity index (χ3v) is 4.01. The highest BCUT2D eigenvalue weighted by molar-refractivity contribution is 5.91. The number of oxazole rings is 1. The molecule has 0 radical (unpaired) electrons. The maximum Gasteiger partial charge on any atom is 0.273 e. The molecule has 0 spiro atoms. The second-order valence-corrected chi connectivity index (χ2v) is 5.74. The lowest BCUT2D eigenvalue weighted by atomic mass is 10.1. The lowest BCUT2D eigenvalue weighted by Crippen LogP contribution is -2.32. The molecule has 1 aromatic carbocycles. The highest BCUT2D eigenvalue weighted by atomic mass is 19.1. The number of carbonyl (C=O) groups is 1. The summed E-state index contributed by atoms with van der Waals surface area (Å²) < 4.78 is 19.4. The number of carbonyl (C=O) groups excluding carboxylic acids is 1. The molecule has 2 rings (SSSR count). The van der Waals surface area contributed by atoms with Gasteiger partial charge in [0, 0.05) is 24.7 Å². The first-order valence-corrected chi connectivity index (χ1v) is 8.25. The molecule has 0 fully saturated rings. The maximum absolute atomic E-state index is 13.9. The Morgan fingerprint density at radius 2 is 2.08 bits per heavy atom. The van der Waals surface area contributed by atoms with E-state index in [2.05, 4.69) is 29.0 Å². The Morgan fingerprint density at radius 1 is 1.33 bits per heavy atom. The molecule has 1 unspecified atom stereocenters. The van der Waals surface area contributed by atoms with Gasteiger partial charge in [0.05, 0.1) is 6.54 Å². The molecule has 1 heterocycles. The highest BCUT2D eigenvalue weighted by Crippen LogP contribution is 2.17. The van der Waals surface area contributed by atoms with Crippen LogP contribution in [0.25, 0.3) is 0 Å². The molecule has 6 heteroatoms. The van der Waals surface area contributed by atoms with Crippen LogP contribution in [0.5, 0.6) is 0 Å². The average molecular weight is 333 g/mol. The largest absolute Gasteiger partial charge is 0.447 e. The van der Waals surface area contributed by atoms with Crippen LogP contribution in [0.1, 0.15) is 49.1 Å². The van der Waals surface area contributed by atoms with E-state index >= 15 is 0 Å². The third kappa shape index (κ3) is 4.64. The van der Waals surface area contributed by atoms with E-state index in [-0.39, 0.29) is 23.5 Å². The van der Waals surface area contributed by atoms with E-state index in [0.717, 1.165) is 6.42 Å². The van der Waals surface area contributed by atoms with E-state index in [0.29, 0.717) is 31.1 Å². The molecule has 130 valence electrons. The van der Waals surface area contributed by atoms with Crippen molar-refractivity contribution >= 4 is 5.91 Å². The summed E-state index contributed by atoms with van der Waals surface area (Å²) >= 11 is 0. The van der Waals surface area contributed by atoms with E-state index in [1.807, 2.05) is 13.0 Å². The minimum absolute atomic E-state index is 0.221. The molecule has 1 N–H and O–H groups in total. The van der Waals surface area contributed by atoms with Crippen molar-refractivity contribution in [2.24, 2.45) is 0 Å². The quantitative estimate of drug-likeness (QED) is 0.805. The van der Waals surface area contributed by atoms with Gasteiger partial charge >= 0.3 is 0 Å². The number of nitrogens with one attached hydrogen (secondary N) is 1. The lowest BCUT2D eigenvalue weighted by Gasteiger charge is -2.27. The summed E-state index contributed by atoms with van der Waals surface area (Å²) in [4.78, 5) is 18.1. The Balaban J connectivity index is 2.12. The summed E-state index contributed by atoms with van der Waals surface area (Å²) in [6, 6.07) is 6.97. The summed E-state index contributed by atoms with van der Waals surface area (Å²) in [6.45, 7) is 7.41. The van der Waals surface area contributed by atoms with Crippen molar-refractivity contribution in [3.8, 4) is 0 Å². The molecule has 0 aliphatic heterocycles. The number of nitrogens with zero attached hydrogens (tertiary/aromatic N) is 2. The number of rotatable bonds is 8. The summed E-state index contributed by atoms with van der Waals surface area (Å²) in [5.74, 6) is -0.0224. The van der Waals surface area contributed by atoms with Gasteiger partial charge in [0.15, 0.2) is 5.69 Å². The van der Waals surface area contributed by atoms with Crippen LogP contribution in [0.15, 0.2) is 34.9 Å². The SMILES string of the molecule is CCNC(=O)c1coc(CN(Cc2ccccc2F)C(C)CC)n1. The molecular weight excluding hydrogens is 309 g/mol. The molecule has 0 aliphatic carbocycles. The third-order valence-electron chi connectivity index (χ3n) is 4.01. The predicted octanol–water partition coefficient (Wildman–Crippen LogP) is 3.36. The van der Waals surface area contributed by atoms with Crippen molar-refractivity contribution in [1.82, 2.24) is 15.2 Å². The maximum atomic E-state index is 13.9. The Labute approximate surface area is 141 Å². The van der Waals surface area contributed by atoms with Gasteiger partial charge in [0.2, 0.25) is 5.89 Å². The van der Waals surface area contributed by atoms with Gasteiger partial charge in [-0.15, -0.1) is 0 Å². The van der Waals surface area contributed by atoms with Crippen LogP contribution >= 0.6 is 0 Å². The zero-order valence-electron chi connectivity index (χ0n) is 14.4. The van der Waals surface area contributed by atoms with E-state index < -0.39 is 0 Å². The van der Waals surface area contributed by atoms with Crippen molar-refractivity contribution in [2.45, 2.75) is 46.3 Å². The zero-order valence-corrected chi connectivity index (χ0v) is 14.4. The minimum Gasteiger partial charge on any atom is -0.447 e. The van der Waals surface area contributed by atoms with E-state index in [4.69, 9.17) is 4.42 Å². The Hall–Kier alpha value is -2.21. The first kappa shape index (κ1) is 18.1. The predicted molar refractivity (Wildman–Crippen MR) is 89.9 cm³/mol. The van der Waals surface area contributed by atoms with Gasteiger partial charge in [-0.2, -0.15) is 0 Å². The Bertz CT molecular complexity index is 672. The number of amides is 1. The number of aromatic nitrogens is 1. The van der Waals surface area contributed by atoms with Crippen molar-refractivity contribution in [3.63, 3.8) is 0 Å². The van der Waals surface area contributed by atoms with Crippen LogP contribution in [0, 0.1) is 5.82 Å². The molecule has 1 aromatic heterocycles. The van der Waals surface area contributed by atoms with Crippen LogP contribution in [-0.4, -0.2) is 28.4 Å². The molecule has 1 atom stereocenters. The van der Waals surface area contributed by atoms with Crippen LogP contribution in [0.4, 0.5) is 4.39 Å². The van der Waals surface area contributed by atoms with Gasteiger partial charge < -0.3 is 9.73 Å². The summed E-state index contributed by atoms with van der Waals surface area (Å²) in [5.41, 5.74) is 0.898. The van der Waals surface area contributed by atoms with E-state index in [1.54, 1.807) is 12.1 Å². The van der Waals surface area contributed by atoms with Crippen LogP contribution in [-0.2, 0) is 13.1 Å². The van der Waals surface area contributed by atoms with Crippen molar-refractivity contribution < 1.29 is 13.6 Å². The minimum atomic E-state index is -0.253. The standard InChI is InChI=1S/C18H24FN3O2/c1-4-13(3)22(10-14-8-6-7-9-15(14)19)11-17-21-16(12-24-17)18(23)20-5-2/h6-9,12-13H,4-5,10-11H2,1-3H3,(H,20,23). The van der Waals surface area contributed by atoms with Crippen molar-refractivity contribution in [2.75, 3.05) is 6.54 Å². The fourth-order valence-corrected chi connectivity index (χ4v) is 2.38. The molecule has 24 heavy (non-hydrogen) atoms. The number of benzene rings is 1. The summed E-state index contributed by atoms with van der Waals surface area (Å²) in [6.07, 6.45) is 2.27. The second kappa shape index (κ2) is 8.59. The van der Waals surface area contributed by atoms with Gasteiger partial charge in [-0.25, -0.2) is 9.37 Å². The van der Waals surface area contributed by atoms with Crippen molar-refractivity contribution in [3.05, 3.63) is 53.5 Å². The lowest BCUT2D eigenvalue weighted by molar-refractivity contribution is 0.0950. The van der Waals surface area contributed by atoms with Crippen LogP contribution < -0.4 is 5.32 Å². The molecule has 0 bridgehead atoms. The first-order valence-electron chi connectivity index (χ1n) is 8.25. The molecule has 0 saturated heterocycles. The fourth-order valence-electron chi connectivity index (χ4n) is 2.38. The smallest absolute Gasteiger partial charge is 0.273 e. The summed E-state index contributed by atoms with van der Waals surface area (Å²) in [5, 5.41) is 2.69. The Kier molecular flexibility index (Phi) is 6.49. The summed E-state index contributed by atoms with van der Waals surface area (Å²) in [7, 11) is 0. The van der Waals surface area contributed by atoms with E-state index in [9.17, 15) is 9.18 Å². The number of hydrogen-bond donors (Lipinski definition) is 1. The topological polar surface area (TPSA) is 58.4 Å². The monoisotopic (exact) mass is 333 g/mol. The molecule has 0 saturated carbocycles. The average Bonchev–Trinajstić information content (AvgIpc) is 3.04. The van der Waals surface area contributed by atoms with Gasteiger partial charge in [-0.05, 0) is 26.3 Å². The number of halogens is 1. The molecule has 2 aromatic rings. The Morgan fingerprint density at radius 3 is 2.75 bits per heavy atom. The van der Waals surface area contributed by atoms with Crippen LogP contribution in [0.2, 0.25) is 0 Å². The second-order valence-electron chi connectivity index (χ2n) is 5.74. The van der Waals surface area contributed by atoms with Gasteiger partial charge in [-0.3, -0.25) is 9.69 Å². The molecule has 1 amide bonds. The molecule has 0 aliphatic rings. The van der Waals surface area contributed by atoms with E-state index in [1.165, 1.54) is 12.3 Å². The molecular formula is C18H24FN3O2. The first-order chi connectivity index (χ1) is 11.5. The van der Waals surface area contributed by atoms with Crippen molar-refractivity contribution in [1.29, 1.82) is 0 Å². The van der Waals surface area contributed by atoms with Gasteiger partial charge in [0.25, 0.3) is 5.91 Å². The normalized spacial score (nSPS) is 12.4.